The molecule has 0 saturated carbocycles. The minimum Gasteiger partial charge on any atom is -0.490 e. The maximum absolute atomic E-state index is 13.1. The van der Waals surface area contributed by atoms with Gasteiger partial charge < -0.3 is 9.47 Å². The molecule has 0 fully saturated rings. The molecule has 0 saturated heterocycles. The monoisotopic (exact) mass is 549 g/mol. The number of hydrogen-bond acceptors (Lipinski definition) is 5. The van der Waals surface area contributed by atoms with Crippen molar-refractivity contribution in [1.29, 1.82) is 0 Å². The SMILES string of the molecule is CCOc1cc(C=Nn2c(CC)nc3ccc(Br)cc3c2=O)cc(Br)c1O[C@H](C)CC. The highest BCUT2D eigenvalue weighted by atomic mass is 79.9. The van der Waals surface area contributed by atoms with Gasteiger partial charge in [-0.25, -0.2) is 4.98 Å². The van der Waals surface area contributed by atoms with Crippen molar-refractivity contribution < 1.29 is 9.47 Å². The van der Waals surface area contributed by atoms with Crippen LogP contribution in [-0.2, 0) is 6.42 Å². The molecule has 31 heavy (non-hydrogen) atoms. The molecule has 1 heterocycles. The number of nitrogens with zero attached hydrogens (tertiary/aromatic N) is 3. The van der Waals surface area contributed by atoms with Crippen LogP contribution in [0.15, 0.2) is 49.2 Å². The number of halogens is 2. The van der Waals surface area contributed by atoms with Gasteiger partial charge in [0.15, 0.2) is 11.5 Å². The van der Waals surface area contributed by atoms with E-state index in [2.05, 4.69) is 48.9 Å². The summed E-state index contributed by atoms with van der Waals surface area (Å²) in [5, 5.41) is 4.97. The van der Waals surface area contributed by atoms with Gasteiger partial charge in [-0.05, 0) is 72.1 Å². The number of ether oxygens (including phenoxy) is 2. The van der Waals surface area contributed by atoms with Gasteiger partial charge >= 0.3 is 0 Å². The fourth-order valence-electron chi connectivity index (χ4n) is 2.99. The van der Waals surface area contributed by atoms with Gasteiger partial charge in [-0.3, -0.25) is 4.79 Å². The third-order valence-corrected chi connectivity index (χ3v) is 5.82. The number of rotatable bonds is 8. The van der Waals surface area contributed by atoms with E-state index in [4.69, 9.17) is 9.47 Å². The topological polar surface area (TPSA) is 65.7 Å². The lowest BCUT2D eigenvalue weighted by Gasteiger charge is -2.18. The maximum Gasteiger partial charge on any atom is 0.282 e. The molecule has 1 aromatic heterocycles. The zero-order valence-electron chi connectivity index (χ0n) is 18.0. The summed E-state index contributed by atoms with van der Waals surface area (Å²) in [4.78, 5) is 17.7. The number of aromatic nitrogens is 2. The highest BCUT2D eigenvalue weighted by molar-refractivity contribution is 9.10. The van der Waals surface area contributed by atoms with Crippen LogP contribution < -0.4 is 15.0 Å². The second-order valence-corrected chi connectivity index (χ2v) is 8.77. The van der Waals surface area contributed by atoms with Crippen LogP contribution in [-0.4, -0.2) is 28.6 Å². The molecule has 0 aliphatic rings. The van der Waals surface area contributed by atoms with E-state index in [1.807, 2.05) is 45.0 Å². The number of aryl methyl sites for hydroxylation is 1. The maximum atomic E-state index is 13.1. The van der Waals surface area contributed by atoms with Gasteiger partial charge in [-0.15, -0.1) is 0 Å². The quantitative estimate of drug-likeness (QED) is 0.325. The van der Waals surface area contributed by atoms with Crippen molar-refractivity contribution in [3.05, 3.63) is 61.0 Å². The molecule has 0 unspecified atom stereocenters. The Morgan fingerprint density at radius 1 is 1.19 bits per heavy atom. The summed E-state index contributed by atoms with van der Waals surface area (Å²) >= 11 is 7.00. The molecular formula is C23H25Br2N3O3. The average Bonchev–Trinajstić information content (AvgIpc) is 2.75. The third-order valence-electron chi connectivity index (χ3n) is 4.74. The van der Waals surface area contributed by atoms with E-state index in [0.29, 0.717) is 41.3 Å². The lowest BCUT2D eigenvalue weighted by Crippen LogP contribution is -2.22. The van der Waals surface area contributed by atoms with Crippen molar-refractivity contribution in [3.8, 4) is 11.5 Å². The number of fused-ring (bicyclic) bond motifs is 1. The molecule has 6 nitrogen and oxygen atoms in total. The molecule has 3 aromatic rings. The first kappa shape index (κ1) is 23.5. The average molecular weight is 551 g/mol. The highest BCUT2D eigenvalue weighted by Gasteiger charge is 2.15. The van der Waals surface area contributed by atoms with Crippen LogP contribution in [0.5, 0.6) is 11.5 Å². The van der Waals surface area contributed by atoms with Gasteiger partial charge in [0.1, 0.15) is 5.82 Å². The predicted octanol–water partition coefficient (Wildman–Crippen LogP) is 5.94. The van der Waals surface area contributed by atoms with Gasteiger partial charge in [0, 0.05) is 10.9 Å². The smallest absolute Gasteiger partial charge is 0.282 e. The largest absolute Gasteiger partial charge is 0.490 e. The molecule has 0 spiro atoms. The molecule has 1 atom stereocenters. The van der Waals surface area contributed by atoms with Crippen molar-refractivity contribution >= 4 is 49.0 Å². The first-order chi connectivity index (χ1) is 14.9. The molecule has 2 aromatic carbocycles. The van der Waals surface area contributed by atoms with E-state index in [1.54, 1.807) is 12.3 Å². The van der Waals surface area contributed by atoms with Crippen molar-refractivity contribution in [2.75, 3.05) is 6.61 Å². The summed E-state index contributed by atoms with van der Waals surface area (Å²) in [6.45, 7) is 8.46. The Kier molecular flexibility index (Phi) is 7.89. The molecule has 0 radical (unpaired) electrons. The second-order valence-electron chi connectivity index (χ2n) is 7.00. The fourth-order valence-corrected chi connectivity index (χ4v) is 3.91. The summed E-state index contributed by atoms with van der Waals surface area (Å²) in [5.74, 6) is 1.89. The molecule has 0 N–H and O–H groups in total. The predicted molar refractivity (Wildman–Crippen MR) is 132 cm³/mol. The van der Waals surface area contributed by atoms with E-state index < -0.39 is 0 Å². The highest BCUT2D eigenvalue weighted by Crippen LogP contribution is 2.37. The van der Waals surface area contributed by atoms with Crippen molar-refractivity contribution in [3.63, 3.8) is 0 Å². The molecular weight excluding hydrogens is 526 g/mol. The standard InChI is InChI=1S/C23H25Br2N3O3/c1-5-14(4)31-22-18(25)10-15(11-20(22)30-7-3)13-26-28-21(6-2)27-19-9-8-16(24)12-17(19)23(28)29/h8-14H,5-7H2,1-4H3/t14-/m1/s1. The Balaban J connectivity index is 2.06. The lowest BCUT2D eigenvalue weighted by atomic mass is 10.2. The first-order valence-electron chi connectivity index (χ1n) is 10.3. The van der Waals surface area contributed by atoms with E-state index in [-0.39, 0.29) is 11.7 Å². The summed E-state index contributed by atoms with van der Waals surface area (Å²) in [7, 11) is 0. The molecule has 3 rings (SSSR count). The summed E-state index contributed by atoms with van der Waals surface area (Å²) in [5.41, 5.74) is 1.22. The van der Waals surface area contributed by atoms with Crippen LogP contribution in [0.25, 0.3) is 10.9 Å². The zero-order valence-corrected chi connectivity index (χ0v) is 21.2. The van der Waals surface area contributed by atoms with Gasteiger partial charge in [-0.2, -0.15) is 9.78 Å². The van der Waals surface area contributed by atoms with Crippen LogP contribution in [0.1, 0.15) is 45.5 Å². The fraction of sp³-hybridized carbons (Fsp3) is 0.348. The van der Waals surface area contributed by atoms with Crippen molar-refractivity contribution in [2.45, 2.75) is 46.6 Å². The number of hydrogen-bond donors (Lipinski definition) is 0. The Morgan fingerprint density at radius 3 is 2.65 bits per heavy atom. The van der Waals surface area contributed by atoms with E-state index in [9.17, 15) is 4.79 Å². The van der Waals surface area contributed by atoms with Crippen LogP contribution in [0.4, 0.5) is 0 Å². The second kappa shape index (κ2) is 10.4. The molecule has 164 valence electrons. The van der Waals surface area contributed by atoms with Crippen molar-refractivity contribution in [2.24, 2.45) is 5.10 Å². The first-order valence-corrected chi connectivity index (χ1v) is 11.8. The van der Waals surface area contributed by atoms with E-state index in [1.165, 1.54) is 4.68 Å². The van der Waals surface area contributed by atoms with E-state index in [0.717, 1.165) is 20.9 Å². The molecule has 0 bridgehead atoms. The van der Waals surface area contributed by atoms with Crippen LogP contribution in [0.2, 0.25) is 0 Å². The molecule has 0 aliphatic carbocycles. The molecule has 0 amide bonds. The summed E-state index contributed by atoms with van der Waals surface area (Å²) < 4.78 is 14.8. The minimum absolute atomic E-state index is 0.0590. The third kappa shape index (κ3) is 5.36. The van der Waals surface area contributed by atoms with Gasteiger partial charge in [0.25, 0.3) is 5.56 Å². The van der Waals surface area contributed by atoms with Crippen LogP contribution in [0.3, 0.4) is 0 Å². The Bertz CT molecular complexity index is 1170. The van der Waals surface area contributed by atoms with E-state index >= 15 is 0 Å². The minimum atomic E-state index is -0.208. The van der Waals surface area contributed by atoms with Gasteiger partial charge in [0.05, 0.1) is 34.3 Å². The normalized spacial score (nSPS) is 12.5. The Morgan fingerprint density at radius 2 is 1.97 bits per heavy atom. The Labute approximate surface area is 198 Å². The van der Waals surface area contributed by atoms with Crippen molar-refractivity contribution in [1.82, 2.24) is 9.66 Å². The van der Waals surface area contributed by atoms with Crippen LogP contribution >= 0.6 is 31.9 Å². The van der Waals surface area contributed by atoms with Gasteiger partial charge in [0.2, 0.25) is 0 Å². The number of benzene rings is 2. The zero-order chi connectivity index (χ0) is 22.5. The Hall–Kier alpha value is -2.19. The summed E-state index contributed by atoms with van der Waals surface area (Å²) in [6.07, 6.45) is 3.15. The molecule has 8 heteroatoms. The summed E-state index contributed by atoms with van der Waals surface area (Å²) in [6, 6.07) is 9.22. The van der Waals surface area contributed by atoms with Gasteiger partial charge in [-0.1, -0.05) is 29.8 Å². The molecule has 0 aliphatic heterocycles. The van der Waals surface area contributed by atoms with Crippen LogP contribution in [0, 0.1) is 0 Å². The lowest BCUT2D eigenvalue weighted by molar-refractivity contribution is 0.202.